The second-order valence-corrected chi connectivity index (χ2v) is 5.47. The SMILES string of the molecule is CC1CCN(C(=O)c2ccc(I)c(O)c2)C1. The lowest BCUT2D eigenvalue weighted by molar-refractivity contribution is 0.0787. The van der Waals surface area contributed by atoms with Gasteiger partial charge in [-0.25, -0.2) is 0 Å². The van der Waals surface area contributed by atoms with E-state index < -0.39 is 0 Å². The van der Waals surface area contributed by atoms with Crippen LogP contribution >= 0.6 is 22.6 Å². The minimum absolute atomic E-state index is 0.0241. The number of phenols is 1. The quantitative estimate of drug-likeness (QED) is 0.803. The average Bonchev–Trinajstić information content (AvgIpc) is 2.68. The molecule has 1 unspecified atom stereocenters. The van der Waals surface area contributed by atoms with Crippen LogP contribution in [0.2, 0.25) is 0 Å². The molecule has 0 saturated carbocycles. The third-order valence-corrected chi connectivity index (χ3v) is 3.82. The topological polar surface area (TPSA) is 40.5 Å². The van der Waals surface area contributed by atoms with Crippen LogP contribution in [-0.4, -0.2) is 29.0 Å². The van der Waals surface area contributed by atoms with Gasteiger partial charge in [-0.05, 0) is 53.1 Å². The Bertz CT molecular complexity index is 419. The number of hydrogen-bond acceptors (Lipinski definition) is 2. The van der Waals surface area contributed by atoms with Crippen LogP contribution in [0.5, 0.6) is 5.75 Å². The summed E-state index contributed by atoms with van der Waals surface area (Å²) in [5.74, 6) is 0.788. The zero-order chi connectivity index (χ0) is 11.7. The van der Waals surface area contributed by atoms with Gasteiger partial charge < -0.3 is 10.0 Å². The molecule has 1 aliphatic rings. The van der Waals surface area contributed by atoms with E-state index in [2.05, 4.69) is 6.92 Å². The molecule has 1 fully saturated rings. The van der Waals surface area contributed by atoms with Crippen molar-refractivity contribution in [2.24, 2.45) is 5.92 Å². The number of benzene rings is 1. The van der Waals surface area contributed by atoms with E-state index in [4.69, 9.17) is 0 Å². The monoisotopic (exact) mass is 331 g/mol. The summed E-state index contributed by atoms with van der Waals surface area (Å²) in [4.78, 5) is 13.9. The first kappa shape index (κ1) is 11.7. The molecule has 0 aliphatic carbocycles. The lowest BCUT2D eigenvalue weighted by atomic mass is 10.2. The molecule has 1 aromatic carbocycles. The molecule has 1 saturated heterocycles. The summed E-state index contributed by atoms with van der Waals surface area (Å²) in [5, 5.41) is 9.57. The minimum atomic E-state index is 0.0241. The van der Waals surface area contributed by atoms with Gasteiger partial charge in [-0.1, -0.05) is 6.92 Å². The summed E-state index contributed by atoms with van der Waals surface area (Å²) in [7, 11) is 0. The zero-order valence-electron chi connectivity index (χ0n) is 9.11. The van der Waals surface area contributed by atoms with Gasteiger partial charge in [0.05, 0.1) is 3.57 Å². The summed E-state index contributed by atoms with van der Waals surface area (Å²) in [6.07, 6.45) is 1.07. The number of phenolic OH excluding ortho intramolecular Hbond substituents is 1. The van der Waals surface area contributed by atoms with Gasteiger partial charge in [-0.3, -0.25) is 4.79 Å². The summed E-state index contributed by atoms with van der Waals surface area (Å²) in [5.41, 5.74) is 0.576. The molecule has 0 aromatic heterocycles. The van der Waals surface area contributed by atoms with Crippen molar-refractivity contribution in [1.29, 1.82) is 0 Å². The van der Waals surface area contributed by atoms with Gasteiger partial charge >= 0.3 is 0 Å². The Balaban J connectivity index is 2.18. The van der Waals surface area contributed by atoms with Crippen molar-refractivity contribution < 1.29 is 9.90 Å². The number of carbonyl (C=O) groups is 1. The highest BCUT2D eigenvalue weighted by Gasteiger charge is 2.24. The molecule has 86 valence electrons. The third-order valence-electron chi connectivity index (χ3n) is 2.90. The molecule has 0 bridgehead atoms. The van der Waals surface area contributed by atoms with E-state index in [0.717, 1.165) is 23.1 Å². The Hall–Kier alpha value is -0.780. The van der Waals surface area contributed by atoms with Gasteiger partial charge in [0.15, 0.2) is 0 Å². The number of nitrogens with zero attached hydrogens (tertiary/aromatic N) is 1. The van der Waals surface area contributed by atoms with Crippen LogP contribution in [0.15, 0.2) is 18.2 Å². The highest BCUT2D eigenvalue weighted by Crippen LogP contribution is 2.23. The molecule has 1 heterocycles. The van der Waals surface area contributed by atoms with Crippen molar-refractivity contribution >= 4 is 28.5 Å². The van der Waals surface area contributed by atoms with Crippen molar-refractivity contribution in [2.45, 2.75) is 13.3 Å². The summed E-state index contributed by atoms with van der Waals surface area (Å²) in [6, 6.07) is 5.09. The number of hydrogen-bond donors (Lipinski definition) is 1. The van der Waals surface area contributed by atoms with Crippen LogP contribution in [0.1, 0.15) is 23.7 Å². The van der Waals surface area contributed by atoms with Crippen molar-refractivity contribution in [1.82, 2.24) is 4.90 Å². The molecule has 1 amide bonds. The van der Waals surface area contributed by atoms with Crippen LogP contribution < -0.4 is 0 Å². The number of carbonyl (C=O) groups excluding carboxylic acids is 1. The number of rotatable bonds is 1. The molecule has 1 N–H and O–H groups in total. The zero-order valence-corrected chi connectivity index (χ0v) is 11.3. The standard InChI is InChI=1S/C12H14INO2/c1-8-4-5-14(7-8)12(16)9-2-3-10(13)11(15)6-9/h2-3,6,8,15H,4-5,7H2,1H3. The van der Waals surface area contributed by atoms with E-state index in [1.54, 1.807) is 18.2 Å². The molecule has 1 atom stereocenters. The van der Waals surface area contributed by atoms with E-state index >= 15 is 0 Å². The molecule has 4 heteroatoms. The van der Waals surface area contributed by atoms with Gasteiger partial charge in [0, 0.05) is 18.7 Å². The third kappa shape index (κ3) is 2.31. The minimum Gasteiger partial charge on any atom is -0.507 e. The second-order valence-electron chi connectivity index (χ2n) is 4.31. The average molecular weight is 331 g/mol. The Morgan fingerprint density at radius 1 is 1.56 bits per heavy atom. The van der Waals surface area contributed by atoms with Crippen LogP contribution in [0.3, 0.4) is 0 Å². The van der Waals surface area contributed by atoms with Crippen LogP contribution in [0, 0.1) is 9.49 Å². The first-order valence-corrected chi connectivity index (χ1v) is 6.43. The highest BCUT2D eigenvalue weighted by molar-refractivity contribution is 14.1. The lowest BCUT2D eigenvalue weighted by Gasteiger charge is -2.16. The van der Waals surface area contributed by atoms with Crippen molar-refractivity contribution in [3.63, 3.8) is 0 Å². The van der Waals surface area contributed by atoms with Gasteiger partial charge in [0.1, 0.15) is 5.75 Å². The largest absolute Gasteiger partial charge is 0.507 e. The van der Waals surface area contributed by atoms with Crippen LogP contribution in [0.25, 0.3) is 0 Å². The van der Waals surface area contributed by atoms with Crippen molar-refractivity contribution in [3.05, 3.63) is 27.3 Å². The molecule has 0 spiro atoms. The molecule has 1 aromatic rings. The fourth-order valence-electron chi connectivity index (χ4n) is 1.95. The molecular weight excluding hydrogens is 317 g/mol. The van der Waals surface area contributed by atoms with Crippen LogP contribution in [0.4, 0.5) is 0 Å². The van der Waals surface area contributed by atoms with Gasteiger partial charge in [0.25, 0.3) is 5.91 Å². The number of amides is 1. The maximum Gasteiger partial charge on any atom is 0.253 e. The second kappa shape index (κ2) is 4.61. The van der Waals surface area contributed by atoms with E-state index in [9.17, 15) is 9.90 Å². The predicted molar refractivity (Wildman–Crippen MR) is 70.5 cm³/mol. The molecule has 16 heavy (non-hydrogen) atoms. The Morgan fingerprint density at radius 3 is 2.88 bits per heavy atom. The lowest BCUT2D eigenvalue weighted by Crippen LogP contribution is -2.28. The number of halogens is 1. The first-order chi connectivity index (χ1) is 7.58. The summed E-state index contributed by atoms with van der Waals surface area (Å²) < 4.78 is 0.768. The maximum atomic E-state index is 12.1. The number of likely N-dealkylation sites (tertiary alicyclic amines) is 1. The first-order valence-electron chi connectivity index (χ1n) is 5.35. The van der Waals surface area contributed by atoms with Crippen molar-refractivity contribution in [2.75, 3.05) is 13.1 Å². The van der Waals surface area contributed by atoms with E-state index in [-0.39, 0.29) is 11.7 Å². The van der Waals surface area contributed by atoms with E-state index in [1.165, 1.54) is 0 Å². The molecule has 0 radical (unpaired) electrons. The van der Waals surface area contributed by atoms with E-state index in [0.29, 0.717) is 11.5 Å². The maximum absolute atomic E-state index is 12.1. The Kier molecular flexibility index (Phi) is 3.37. The van der Waals surface area contributed by atoms with E-state index in [1.807, 2.05) is 27.5 Å². The Morgan fingerprint density at radius 2 is 2.31 bits per heavy atom. The van der Waals surface area contributed by atoms with Gasteiger partial charge in [-0.15, -0.1) is 0 Å². The van der Waals surface area contributed by atoms with Crippen molar-refractivity contribution in [3.8, 4) is 5.75 Å². The predicted octanol–water partition coefficient (Wildman–Crippen LogP) is 2.48. The molecular formula is C12H14INO2. The molecule has 1 aliphatic heterocycles. The normalized spacial score (nSPS) is 20.1. The Labute approximate surface area is 109 Å². The summed E-state index contributed by atoms with van der Waals surface area (Å²) in [6.45, 7) is 3.80. The molecule has 2 rings (SSSR count). The van der Waals surface area contributed by atoms with Gasteiger partial charge in [-0.2, -0.15) is 0 Å². The highest BCUT2D eigenvalue weighted by atomic mass is 127. The van der Waals surface area contributed by atoms with Crippen LogP contribution in [-0.2, 0) is 0 Å². The summed E-state index contributed by atoms with van der Waals surface area (Å²) >= 11 is 2.04. The number of aromatic hydroxyl groups is 1. The van der Waals surface area contributed by atoms with Gasteiger partial charge in [0.2, 0.25) is 0 Å². The smallest absolute Gasteiger partial charge is 0.253 e. The fraction of sp³-hybridized carbons (Fsp3) is 0.417. The fourth-order valence-corrected chi connectivity index (χ4v) is 2.28. The molecule has 3 nitrogen and oxygen atoms in total.